The van der Waals surface area contributed by atoms with Crippen LogP contribution in [0, 0.1) is 10.1 Å². The number of hydrogen-bond donors (Lipinski definition) is 1. The zero-order valence-corrected chi connectivity index (χ0v) is 15.6. The van der Waals surface area contributed by atoms with Gasteiger partial charge in [0.1, 0.15) is 5.75 Å². The summed E-state index contributed by atoms with van der Waals surface area (Å²) in [6.45, 7) is -0.207. The molecule has 0 atom stereocenters. The van der Waals surface area contributed by atoms with Gasteiger partial charge in [0.15, 0.2) is 6.61 Å². The number of nitrogens with zero attached hydrogens (tertiary/aromatic N) is 1. The van der Waals surface area contributed by atoms with E-state index >= 15 is 0 Å². The molecular formula is C18H18N2O6S. The second-order valence-electron chi connectivity index (χ2n) is 5.34. The van der Waals surface area contributed by atoms with Gasteiger partial charge in [0.05, 0.1) is 22.5 Å². The second kappa shape index (κ2) is 9.58. The van der Waals surface area contributed by atoms with Crippen LogP contribution in [0.3, 0.4) is 0 Å². The molecule has 0 spiro atoms. The predicted octanol–water partition coefficient (Wildman–Crippen LogP) is 2.80. The van der Waals surface area contributed by atoms with Crippen LogP contribution in [-0.2, 0) is 16.1 Å². The third-order valence-electron chi connectivity index (χ3n) is 3.59. The van der Waals surface area contributed by atoms with E-state index in [-0.39, 0.29) is 17.8 Å². The molecule has 2 aromatic carbocycles. The fourth-order valence-corrected chi connectivity index (χ4v) is 2.72. The molecule has 0 fully saturated rings. The van der Waals surface area contributed by atoms with E-state index in [2.05, 4.69) is 5.32 Å². The summed E-state index contributed by atoms with van der Waals surface area (Å²) >= 11 is 1.20. The van der Waals surface area contributed by atoms with Crippen LogP contribution in [0.5, 0.6) is 5.75 Å². The number of carbonyl (C=O) groups is 2. The molecule has 0 saturated heterocycles. The molecule has 0 heterocycles. The van der Waals surface area contributed by atoms with Crippen LogP contribution in [0.15, 0.2) is 47.4 Å². The molecule has 0 aliphatic heterocycles. The highest BCUT2D eigenvalue weighted by molar-refractivity contribution is 7.98. The van der Waals surface area contributed by atoms with E-state index in [9.17, 15) is 19.7 Å². The number of benzene rings is 2. The minimum Gasteiger partial charge on any atom is -0.497 e. The molecular weight excluding hydrogens is 372 g/mol. The van der Waals surface area contributed by atoms with Gasteiger partial charge in [0.25, 0.3) is 11.6 Å². The Kier molecular flexibility index (Phi) is 7.18. The fourth-order valence-electron chi connectivity index (χ4n) is 2.17. The molecule has 0 unspecified atom stereocenters. The van der Waals surface area contributed by atoms with Gasteiger partial charge in [0, 0.05) is 12.6 Å². The highest BCUT2D eigenvalue weighted by Crippen LogP contribution is 2.28. The lowest BCUT2D eigenvalue weighted by Gasteiger charge is -2.08. The van der Waals surface area contributed by atoms with E-state index in [1.54, 1.807) is 37.6 Å². The minimum absolute atomic E-state index is 0.0162. The summed E-state index contributed by atoms with van der Waals surface area (Å²) in [5, 5.41) is 13.7. The molecule has 0 saturated carbocycles. The first-order chi connectivity index (χ1) is 12.9. The standard InChI is InChI=1S/C18H18N2O6S/c1-25-14-6-3-12(4-7-14)10-19-17(21)11-26-18(22)13-5-8-16(27-2)15(9-13)20(23)24/h3-9H,10-11H2,1-2H3,(H,19,21). The number of esters is 1. The van der Waals surface area contributed by atoms with E-state index in [1.807, 2.05) is 0 Å². The van der Waals surface area contributed by atoms with Gasteiger partial charge in [-0.3, -0.25) is 14.9 Å². The lowest BCUT2D eigenvalue weighted by atomic mass is 10.2. The van der Waals surface area contributed by atoms with E-state index in [0.717, 1.165) is 11.6 Å². The van der Waals surface area contributed by atoms with E-state index in [4.69, 9.17) is 9.47 Å². The second-order valence-corrected chi connectivity index (χ2v) is 6.19. The normalized spacial score (nSPS) is 10.1. The van der Waals surface area contributed by atoms with Gasteiger partial charge in [-0.1, -0.05) is 12.1 Å². The first-order valence-corrected chi connectivity index (χ1v) is 9.06. The van der Waals surface area contributed by atoms with Crippen LogP contribution in [0.1, 0.15) is 15.9 Å². The van der Waals surface area contributed by atoms with Crippen LogP contribution in [0.2, 0.25) is 0 Å². The van der Waals surface area contributed by atoms with Crippen LogP contribution >= 0.6 is 11.8 Å². The van der Waals surface area contributed by atoms with Gasteiger partial charge in [-0.05, 0) is 36.1 Å². The van der Waals surface area contributed by atoms with Gasteiger partial charge in [-0.2, -0.15) is 0 Å². The Morgan fingerprint density at radius 2 is 1.89 bits per heavy atom. The molecule has 0 radical (unpaired) electrons. The lowest BCUT2D eigenvalue weighted by Crippen LogP contribution is -2.28. The monoisotopic (exact) mass is 390 g/mol. The molecule has 2 aromatic rings. The topological polar surface area (TPSA) is 108 Å². The van der Waals surface area contributed by atoms with Crippen LogP contribution in [0.25, 0.3) is 0 Å². The summed E-state index contributed by atoms with van der Waals surface area (Å²) in [5.41, 5.74) is 0.696. The zero-order valence-electron chi connectivity index (χ0n) is 14.8. The number of methoxy groups -OCH3 is 1. The molecule has 0 aliphatic carbocycles. The van der Waals surface area contributed by atoms with Crippen molar-refractivity contribution in [3.63, 3.8) is 0 Å². The highest BCUT2D eigenvalue weighted by atomic mass is 32.2. The van der Waals surface area contributed by atoms with Crippen molar-refractivity contribution >= 4 is 29.3 Å². The van der Waals surface area contributed by atoms with Gasteiger partial charge in [-0.15, -0.1) is 11.8 Å². The van der Waals surface area contributed by atoms with Gasteiger partial charge >= 0.3 is 5.97 Å². The quantitative estimate of drug-likeness (QED) is 0.319. The third kappa shape index (κ3) is 5.71. The third-order valence-corrected chi connectivity index (χ3v) is 4.38. The van der Waals surface area contributed by atoms with Crippen molar-refractivity contribution < 1.29 is 24.0 Å². The van der Waals surface area contributed by atoms with Gasteiger partial charge in [0.2, 0.25) is 0 Å². The maximum Gasteiger partial charge on any atom is 0.338 e. The Labute approximate surface area is 160 Å². The number of nitro benzene ring substituents is 1. The molecule has 1 N–H and O–H groups in total. The number of thioether (sulfide) groups is 1. The molecule has 0 aliphatic rings. The number of ether oxygens (including phenoxy) is 2. The number of nitro groups is 1. The smallest absolute Gasteiger partial charge is 0.338 e. The Bertz CT molecular complexity index is 838. The van der Waals surface area contributed by atoms with Crippen molar-refractivity contribution in [1.29, 1.82) is 0 Å². The Morgan fingerprint density at radius 3 is 2.48 bits per heavy atom. The Morgan fingerprint density at radius 1 is 1.19 bits per heavy atom. The first-order valence-electron chi connectivity index (χ1n) is 7.83. The molecule has 0 aromatic heterocycles. The number of hydrogen-bond acceptors (Lipinski definition) is 7. The SMILES string of the molecule is COc1ccc(CNC(=O)COC(=O)c2ccc(SC)c([N+](=O)[O-])c2)cc1. The predicted molar refractivity (Wildman–Crippen MR) is 100 cm³/mol. The largest absolute Gasteiger partial charge is 0.497 e. The van der Waals surface area contributed by atoms with E-state index in [0.29, 0.717) is 10.6 Å². The van der Waals surface area contributed by atoms with E-state index < -0.39 is 23.4 Å². The van der Waals surface area contributed by atoms with Crippen molar-refractivity contribution in [1.82, 2.24) is 5.32 Å². The first kappa shape index (κ1) is 20.2. The van der Waals surface area contributed by atoms with Crippen molar-refractivity contribution in [2.45, 2.75) is 11.4 Å². The number of rotatable bonds is 8. The Balaban J connectivity index is 1.88. The Hall–Kier alpha value is -3.07. The summed E-state index contributed by atoms with van der Waals surface area (Å²) in [4.78, 5) is 34.8. The summed E-state index contributed by atoms with van der Waals surface area (Å²) < 4.78 is 9.97. The molecule has 8 nitrogen and oxygen atoms in total. The van der Waals surface area contributed by atoms with Crippen LogP contribution in [0.4, 0.5) is 5.69 Å². The summed E-state index contributed by atoms with van der Waals surface area (Å²) in [6, 6.07) is 11.2. The van der Waals surface area contributed by atoms with Gasteiger partial charge in [-0.25, -0.2) is 4.79 Å². The van der Waals surface area contributed by atoms with E-state index in [1.165, 1.54) is 23.9 Å². The number of nitrogens with one attached hydrogen (secondary N) is 1. The van der Waals surface area contributed by atoms with Crippen molar-refractivity contribution in [3.8, 4) is 5.75 Å². The summed E-state index contributed by atoms with van der Waals surface area (Å²) in [5.74, 6) is -0.569. The van der Waals surface area contributed by atoms with Crippen LogP contribution < -0.4 is 10.1 Å². The van der Waals surface area contributed by atoms with Gasteiger partial charge < -0.3 is 14.8 Å². The summed E-state index contributed by atoms with van der Waals surface area (Å²) in [6.07, 6.45) is 1.70. The summed E-state index contributed by atoms with van der Waals surface area (Å²) in [7, 11) is 1.56. The molecule has 142 valence electrons. The lowest BCUT2D eigenvalue weighted by molar-refractivity contribution is -0.387. The average Bonchev–Trinajstić information content (AvgIpc) is 2.70. The molecule has 1 amide bonds. The maximum atomic E-state index is 12.0. The van der Waals surface area contributed by atoms with Crippen molar-refractivity contribution in [3.05, 3.63) is 63.7 Å². The van der Waals surface area contributed by atoms with Crippen molar-refractivity contribution in [2.24, 2.45) is 0 Å². The average molecular weight is 390 g/mol. The molecule has 27 heavy (non-hydrogen) atoms. The minimum atomic E-state index is -0.801. The van der Waals surface area contributed by atoms with Crippen molar-refractivity contribution in [2.75, 3.05) is 20.0 Å². The highest BCUT2D eigenvalue weighted by Gasteiger charge is 2.18. The molecule has 9 heteroatoms. The molecule has 0 bridgehead atoms. The number of carbonyl (C=O) groups excluding carboxylic acids is 2. The maximum absolute atomic E-state index is 12.0. The number of amides is 1. The van der Waals surface area contributed by atoms with Crippen LogP contribution in [-0.4, -0.2) is 36.8 Å². The molecule has 2 rings (SSSR count). The zero-order chi connectivity index (χ0) is 19.8. The fraction of sp³-hybridized carbons (Fsp3) is 0.222.